The third kappa shape index (κ3) is 4.31. The van der Waals surface area contributed by atoms with Crippen LogP contribution in [0.1, 0.15) is 29.8 Å². The van der Waals surface area contributed by atoms with Crippen LogP contribution in [0.3, 0.4) is 0 Å². The molecule has 1 atom stereocenters. The van der Waals surface area contributed by atoms with Gasteiger partial charge < -0.3 is 16.0 Å². The minimum atomic E-state index is -0.512. The first-order chi connectivity index (χ1) is 10.5. The Bertz CT molecular complexity index is 521. The Kier molecular flexibility index (Phi) is 5.55. The largest absolute Gasteiger partial charge is 0.354 e. The fourth-order valence-corrected chi connectivity index (χ4v) is 2.31. The van der Waals surface area contributed by atoms with Gasteiger partial charge >= 0.3 is 0 Å². The second kappa shape index (κ2) is 7.40. The summed E-state index contributed by atoms with van der Waals surface area (Å²) in [6.45, 7) is 8.40. The summed E-state index contributed by atoms with van der Waals surface area (Å²) in [6, 6.07) is 6.83. The highest BCUT2D eigenvalue weighted by atomic mass is 16.2. The maximum absolute atomic E-state index is 12.3. The van der Waals surface area contributed by atoms with Crippen LogP contribution in [0.15, 0.2) is 24.3 Å². The molecule has 0 aliphatic carbocycles. The van der Waals surface area contributed by atoms with Crippen LogP contribution in [-0.4, -0.2) is 37.5 Å². The molecule has 1 saturated heterocycles. The van der Waals surface area contributed by atoms with Crippen LogP contribution in [0.4, 0.5) is 0 Å². The molecule has 2 amide bonds. The third-order valence-corrected chi connectivity index (χ3v) is 3.98. The van der Waals surface area contributed by atoms with Gasteiger partial charge in [0, 0.05) is 31.1 Å². The van der Waals surface area contributed by atoms with E-state index < -0.39 is 6.04 Å². The first-order valence-corrected chi connectivity index (χ1v) is 7.83. The van der Waals surface area contributed by atoms with Crippen molar-refractivity contribution in [1.29, 1.82) is 0 Å². The molecular formula is C17H25N3O2. The molecule has 0 saturated carbocycles. The van der Waals surface area contributed by atoms with E-state index in [0.29, 0.717) is 18.0 Å². The van der Waals surface area contributed by atoms with E-state index in [2.05, 4.69) is 16.0 Å². The standard InChI is InChI=1S/C17H25N3O2/c1-11(2)15(17(22)19-10-13-8-18-9-13)20-16(21)14-6-4-12(3)5-7-14/h4-7,11,13,15,18H,8-10H2,1-3H3,(H,19,22)(H,20,21). The van der Waals surface area contributed by atoms with Crippen molar-refractivity contribution in [2.45, 2.75) is 26.8 Å². The first-order valence-electron chi connectivity index (χ1n) is 7.83. The SMILES string of the molecule is Cc1ccc(C(=O)NC(C(=O)NCC2CNC2)C(C)C)cc1. The van der Waals surface area contributed by atoms with Crippen molar-refractivity contribution in [2.24, 2.45) is 11.8 Å². The molecule has 5 nitrogen and oxygen atoms in total. The van der Waals surface area contributed by atoms with E-state index in [1.165, 1.54) is 0 Å². The summed E-state index contributed by atoms with van der Waals surface area (Å²) in [5, 5.41) is 8.96. The Hall–Kier alpha value is -1.88. The van der Waals surface area contributed by atoms with Crippen LogP contribution < -0.4 is 16.0 Å². The minimum absolute atomic E-state index is 0.0360. The normalized spacial score (nSPS) is 16.0. The monoisotopic (exact) mass is 303 g/mol. The van der Waals surface area contributed by atoms with E-state index in [1.54, 1.807) is 12.1 Å². The fraction of sp³-hybridized carbons (Fsp3) is 0.529. The Morgan fingerprint density at radius 1 is 1.23 bits per heavy atom. The third-order valence-electron chi connectivity index (χ3n) is 3.98. The van der Waals surface area contributed by atoms with E-state index in [4.69, 9.17) is 0 Å². The van der Waals surface area contributed by atoms with Crippen LogP contribution in [-0.2, 0) is 4.79 Å². The molecule has 3 N–H and O–H groups in total. The Morgan fingerprint density at radius 3 is 2.36 bits per heavy atom. The zero-order valence-corrected chi connectivity index (χ0v) is 13.5. The molecule has 1 aromatic carbocycles. The van der Waals surface area contributed by atoms with Gasteiger partial charge in [-0.1, -0.05) is 31.5 Å². The average Bonchev–Trinajstić information content (AvgIpc) is 2.43. The lowest BCUT2D eigenvalue weighted by Crippen LogP contribution is -2.53. The number of hydrogen-bond donors (Lipinski definition) is 3. The lowest BCUT2D eigenvalue weighted by Gasteiger charge is -2.29. The predicted molar refractivity (Wildman–Crippen MR) is 86.6 cm³/mol. The maximum Gasteiger partial charge on any atom is 0.251 e. The average molecular weight is 303 g/mol. The molecule has 120 valence electrons. The maximum atomic E-state index is 12.3. The molecular weight excluding hydrogens is 278 g/mol. The number of amides is 2. The van der Waals surface area contributed by atoms with E-state index in [1.807, 2.05) is 32.9 Å². The van der Waals surface area contributed by atoms with Gasteiger partial charge in [-0.15, -0.1) is 0 Å². The summed E-state index contributed by atoms with van der Waals surface area (Å²) in [4.78, 5) is 24.6. The molecule has 22 heavy (non-hydrogen) atoms. The second-order valence-corrected chi connectivity index (χ2v) is 6.33. The number of carbonyl (C=O) groups is 2. The zero-order valence-electron chi connectivity index (χ0n) is 13.5. The molecule has 1 fully saturated rings. The summed E-state index contributed by atoms with van der Waals surface area (Å²) in [5.74, 6) is 0.222. The van der Waals surface area contributed by atoms with Crippen molar-refractivity contribution in [3.8, 4) is 0 Å². The number of nitrogens with one attached hydrogen (secondary N) is 3. The molecule has 0 spiro atoms. The fourth-order valence-electron chi connectivity index (χ4n) is 2.31. The van der Waals surface area contributed by atoms with Gasteiger partial charge in [-0.3, -0.25) is 9.59 Å². The topological polar surface area (TPSA) is 70.2 Å². The summed E-state index contributed by atoms with van der Waals surface area (Å²) >= 11 is 0. The van der Waals surface area contributed by atoms with Gasteiger partial charge in [0.05, 0.1) is 0 Å². The molecule has 1 aliphatic rings. The second-order valence-electron chi connectivity index (χ2n) is 6.33. The lowest BCUT2D eigenvalue weighted by molar-refractivity contribution is -0.124. The Morgan fingerprint density at radius 2 is 1.86 bits per heavy atom. The molecule has 1 aliphatic heterocycles. The highest BCUT2D eigenvalue weighted by Crippen LogP contribution is 2.07. The minimum Gasteiger partial charge on any atom is -0.354 e. The van der Waals surface area contributed by atoms with Crippen molar-refractivity contribution >= 4 is 11.8 Å². The molecule has 1 aromatic rings. The summed E-state index contributed by atoms with van der Waals surface area (Å²) in [6.07, 6.45) is 0. The molecule has 5 heteroatoms. The van der Waals surface area contributed by atoms with Crippen LogP contribution in [0.2, 0.25) is 0 Å². The first kappa shape index (κ1) is 16.5. The van der Waals surface area contributed by atoms with Gasteiger partial charge in [-0.2, -0.15) is 0 Å². The van der Waals surface area contributed by atoms with Crippen LogP contribution in [0.5, 0.6) is 0 Å². The summed E-state index contributed by atoms with van der Waals surface area (Å²) in [7, 11) is 0. The van der Waals surface area contributed by atoms with Gasteiger partial charge in [0.25, 0.3) is 5.91 Å². The highest BCUT2D eigenvalue weighted by molar-refractivity contribution is 5.97. The van der Waals surface area contributed by atoms with Crippen LogP contribution >= 0.6 is 0 Å². The van der Waals surface area contributed by atoms with Gasteiger partial charge in [-0.25, -0.2) is 0 Å². The van der Waals surface area contributed by atoms with E-state index in [-0.39, 0.29) is 17.7 Å². The molecule has 0 radical (unpaired) electrons. The molecule has 1 heterocycles. The zero-order chi connectivity index (χ0) is 16.1. The quantitative estimate of drug-likeness (QED) is 0.736. The number of aryl methyl sites for hydroxylation is 1. The Balaban J connectivity index is 1.93. The summed E-state index contributed by atoms with van der Waals surface area (Å²) in [5.41, 5.74) is 1.68. The van der Waals surface area contributed by atoms with E-state index >= 15 is 0 Å². The van der Waals surface area contributed by atoms with Crippen LogP contribution in [0, 0.1) is 18.8 Å². The van der Waals surface area contributed by atoms with Gasteiger partial charge in [0.15, 0.2) is 0 Å². The van der Waals surface area contributed by atoms with Crippen molar-refractivity contribution in [2.75, 3.05) is 19.6 Å². The molecule has 2 rings (SSSR count). The van der Waals surface area contributed by atoms with Gasteiger partial charge in [0.1, 0.15) is 6.04 Å². The van der Waals surface area contributed by atoms with Crippen LogP contribution in [0.25, 0.3) is 0 Å². The number of carbonyl (C=O) groups excluding carboxylic acids is 2. The smallest absolute Gasteiger partial charge is 0.251 e. The lowest BCUT2D eigenvalue weighted by atomic mass is 10.0. The van der Waals surface area contributed by atoms with E-state index in [0.717, 1.165) is 18.7 Å². The number of hydrogen-bond acceptors (Lipinski definition) is 3. The number of benzene rings is 1. The summed E-state index contributed by atoms with van der Waals surface area (Å²) < 4.78 is 0. The van der Waals surface area contributed by atoms with E-state index in [9.17, 15) is 9.59 Å². The highest BCUT2D eigenvalue weighted by Gasteiger charge is 2.26. The molecule has 0 bridgehead atoms. The molecule has 1 unspecified atom stereocenters. The van der Waals surface area contributed by atoms with Crippen molar-refractivity contribution < 1.29 is 9.59 Å². The number of rotatable bonds is 6. The molecule has 0 aromatic heterocycles. The van der Waals surface area contributed by atoms with Crippen molar-refractivity contribution in [1.82, 2.24) is 16.0 Å². The van der Waals surface area contributed by atoms with Crippen molar-refractivity contribution in [3.63, 3.8) is 0 Å². The van der Waals surface area contributed by atoms with Gasteiger partial charge in [-0.05, 0) is 25.0 Å². The Labute approximate surface area is 131 Å². The van der Waals surface area contributed by atoms with Gasteiger partial charge in [0.2, 0.25) is 5.91 Å². The predicted octanol–water partition coefficient (Wildman–Crippen LogP) is 1.09. The van der Waals surface area contributed by atoms with Crippen molar-refractivity contribution in [3.05, 3.63) is 35.4 Å².